The summed E-state index contributed by atoms with van der Waals surface area (Å²) in [5, 5.41) is 0. The van der Waals surface area contributed by atoms with E-state index in [2.05, 4.69) is 11.9 Å². The van der Waals surface area contributed by atoms with Crippen molar-refractivity contribution in [3.63, 3.8) is 0 Å². The molecular formula is C13H25N3O2. The molecule has 2 unspecified atom stereocenters. The molecule has 2 fully saturated rings. The molecule has 104 valence electrons. The molecule has 0 aliphatic carbocycles. The molecule has 0 aromatic rings. The van der Waals surface area contributed by atoms with Gasteiger partial charge in [0.1, 0.15) is 0 Å². The molecule has 2 N–H and O–H groups in total. The molecule has 5 heteroatoms. The minimum atomic E-state index is -0.138. The van der Waals surface area contributed by atoms with Crippen LogP contribution in [0.4, 0.5) is 0 Å². The van der Waals surface area contributed by atoms with Crippen LogP contribution in [0, 0.1) is 11.8 Å². The fourth-order valence-electron chi connectivity index (χ4n) is 2.83. The first kappa shape index (κ1) is 13.8. The molecule has 0 radical (unpaired) electrons. The lowest BCUT2D eigenvalue weighted by Crippen LogP contribution is -2.44. The van der Waals surface area contributed by atoms with Crippen molar-refractivity contribution in [3.8, 4) is 0 Å². The zero-order chi connectivity index (χ0) is 13.1. The molecule has 1 amide bonds. The number of carbonyl (C=O) groups is 1. The molecule has 18 heavy (non-hydrogen) atoms. The lowest BCUT2D eigenvalue weighted by molar-refractivity contribution is -0.135. The summed E-state index contributed by atoms with van der Waals surface area (Å²) < 4.78 is 5.27. The van der Waals surface area contributed by atoms with Gasteiger partial charge in [-0.25, -0.2) is 0 Å². The van der Waals surface area contributed by atoms with Crippen molar-refractivity contribution in [1.82, 2.24) is 9.80 Å². The number of hydrogen-bond donors (Lipinski definition) is 1. The number of nitrogens with zero attached hydrogens (tertiary/aromatic N) is 2. The van der Waals surface area contributed by atoms with Crippen LogP contribution in [-0.4, -0.2) is 68.7 Å². The Hall–Kier alpha value is -0.650. The topological polar surface area (TPSA) is 58.8 Å². The fraction of sp³-hybridized carbons (Fsp3) is 0.923. The van der Waals surface area contributed by atoms with Crippen LogP contribution in [0.3, 0.4) is 0 Å². The van der Waals surface area contributed by atoms with E-state index in [1.165, 1.54) is 12.8 Å². The van der Waals surface area contributed by atoms with E-state index < -0.39 is 0 Å². The summed E-state index contributed by atoms with van der Waals surface area (Å²) in [4.78, 5) is 16.5. The lowest BCUT2D eigenvalue weighted by atomic mass is 9.95. The molecule has 2 aliphatic rings. The number of hydrogen-bond acceptors (Lipinski definition) is 4. The predicted molar refractivity (Wildman–Crippen MR) is 70.1 cm³/mol. The van der Waals surface area contributed by atoms with Gasteiger partial charge in [-0.2, -0.15) is 0 Å². The molecule has 0 spiro atoms. The number of rotatable bonds is 3. The van der Waals surface area contributed by atoms with Gasteiger partial charge < -0.3 is 20.3 Å². The van der Waals surface area contributed by atoms with Gasteiger partial charge in [-0.1, -0.05) is 0 Å². The van der Waals surface area contributed by atoms with Gasteiger partial charge >= 0.3 is 0 Å². The largest absolute Gasteiger partial charge is 0.379 e. The number of carbonyl (C=O) groups excluding carboxylic acids is 1. The van der Waals surface area contributed by atoms with Gasteiger partial charge in [0.25, 0.3) is 0 Å². The van der Waals surface area contributed by atoms with Crippen LogP contribution in [0.15, 0.2) is 0 Å². The Balaban J connectivity index is 1.80. The molecular weight excluding hydrogens is 230 g/mol. The van der Waals surface area contributed by atoms with Crippen molar-refractivity contribution in [3.05, 3.63) is 0 Å². The molecule has 2 rings (SSSR count). The molecule has 2 heterocycles. The number of amides is 1. The highest BCUT2D eigenvalue weighted by Gasteiger charge is 2.34. The average molecular weight is 255 g/mol. The molecule has 0 aromatic heterocycles. The Kier molecular flexibility index (Phi) is 4.59. The first-order valence-corrected chi connectivity index (χ1v) is 6.84. The van der Waals surface area contributed by atoms with Crippen molar-refractivity contribution in [2.24, 2.45) is 17.6 Å². The smallest absolute Gasteiger partial charge is 0.229 e. The second-order valence-corrected chi connectivity index (χ2v) is 5.77. The van der Waals surface area contributed by atoms with E-state index in [4.69, 9.17) is 10.5 Å². The van der Waals surface area contributed by atoms with E-state index in [9.17, 15) is 4.79 Å². The van der Waals surface area contributed by atoms with Crippen molar-refractivity contribution >= 4 is 5.91 Å². The van der Waals surface area contributed by atoms with E-state index in [0.29, 0.717) is 19.1 Å². The van der Waals surface area contributed by atoms with Gasteiger partial charge in [-0.15, -0.1) is 0 Å². The van der Waals surface area contributed by atoms with Crippen LogP contribution in [0.5, 0.6) is 0 Å². The van der Waals surface area contributed by atoms with Crippen LogP contribution < -0.4 is 5.73 Å². The third kappa shape index (κ3) is 3.22. The van der Waals surface area contributed by atoms with Crippen LogP contribution in [0.2, 0.25) is 0 Å². The normalized spacial score (nSPS) is 30.6. The quantitative estimate of drug-likeness (QED) is 0.756. The zero-order valence-corrected chi connectivity index (χ0v) is 11.5. The highest BCUT2D eigenvalue weighted by Crippen LogP contribution is 2.19. The minimum absolute atomic E-state index is 0.127. The van der Waals surface area contributed by atoms with Gasteiger partial charge in [0.05, 0.1) is 19.1 Å². The Morgan fingerprint density at radius 2 is 2.06 bits per heavy atom. The average Bonchev–Trinajstić information content (AvgIpc) is 2.77. The van der Waals surface area contributed by atoms with Gasteiger partial charge in [-0.3, -0.25) is 4.79 Å². The Labute approximate surface area is 109 Å². The second-order valence-electron chi connectivity index (χ2n) is 5.77. The van der Waals surface area contributed by atoms with Gasteiger partial charge in [-0.05, 0) is 38.9 Å². The van der Waals surface area contributed by atoms with Crippen molar-refractivity contribution in [2.75, 3.05) is 46.9 Å². The summed E-state index contributed by atoms with van der Waals surface area (Å²) in [6.07, 6.45) is 2.36. The SMILES string of the molecule is CN1CCC(CN(C)C(=O)C2COCC2N)CC1. The minimum Gasteiger partial charge on any atom is -0.379 e. The van der Waals surface area contributed by atoms with Gasteiger partial charge in [0.2, 0.25) is 5.91 Å². The maximum Gasteiger partial charge on any atom is 0.229 e. The lowest BCUT2D eigenvalue weighted by Gasteiger charge is -2.32. The zero-order valence-electron chi connectivity index (χ0n) is 11.5. The first-order valence-electron chi connectivity index (χ1n) is 6.84. The molecule has 2 atom stereocenters. The summed E-state index contributed by atoms with van der Waals surface area (Å²) >= 11 is 0. The summed E-state index contributed by atoms with van der Waals surface area (Å²) in [7, 11) is 4.05. The summed E-state index contributed by atoms with van der Waals surface area (Å²) in [5.41, 5.74) is 5.89. The van der Waals surface area contributed by atoms with E-state index in [1.54, 1.807) is 0 Å². The summed E-state index contributed by atoms with van der Waals surface area (Å²) in [5.74, 6) is 0.647. The molecule has 0 bridgehead atoms. The van der Waals surface area contributed by atoms with Crippen LogP contribution in [-0.2, 0) is 9.53 Å². The van der Waals surface area contributed by atoms with E-state index in [0.717, 1.165) is 19.6 Å². The third-order valence-corrected chi connectivity index (χ3v) is 4.19. The van der Waals surface area contributed by atoms with Crippen LogP contribution in [0.25, 0.3) is 0 Å². The fourth-order valence-corrected chi connectivity index (χ4v) is 2.83. The highest BCUT2D eigenvalue weighted by molar-refractivity contribution is 5.79. The molecule has 0 saturated carbocycles. The Bertz CT molecular complexity index is 290. The van der Waals surface area contributed by atoms with E-state index >= 15 is 0 Å². The van der Waals surface area contributed by atoms with E-state index in [1.807, 2.05) is 11.9 Å². The maximum atomic E-state index is 12.2. The van der Waals surface area contributed by atoms with Crippen molar-refractivity contribution in [1.29, 1.82) is 0 Å². The van der Waals surface area contributed by atoms with Crippen molar-refractivity contribution in [2.45, 2.75) is 18.9 Å². The monoisotopic (exact) mass is 255 g/mol. The predicted octanol–water partition coefficient (Wildman–Crippen LogP) is -0.240. The van der Waals surface area contributed by atoms with Crippen molar-refractivity contribution < 1.29 is 9.53 Å². The van der Waals surface area contributed by atoms with Gasteiger partial charge in [0, 0.05) is 19.6 Å². The summed E-state index contributed by atoms with van der Waals surface area (Å²) in [6, 6.07) is -0.127. The standard InChI is InChI=1S/C13H25N3O2/c1-15-5-3-10(4-6-15)7-16(2)13(17)11-8-18-9-12(11)14/h10-12H,3-9,14H2,1-2H3. The second kappa shape index (κ2) is 5.99. The molecule has 2 aliphatic heterocycles. The molecule has 2 saturated heterocycles. The number of piperidine rings is 1. The number of ether oxygens (including phenoxy) is 1. The number of likely N-dealkylation sites (tertiary alicyclic amines) is 1. The molecule has 0 aromatic carbocycles. The van der Waals surface area contributed by atoms with Crippen LogP contribution >= 0.6 is 0 Å². The Morgan fingerprint density at radius 3 is 2.61 bits per heavy atom. The first-order chi connectivity index (χ1) is 8.58. The van der Waals surface area contributed by atoms with Gasteiger partial charge in [0.15, 0.2) is 0 Å². The maximum absolute atomic E-state index is 12.2. The highest BCUT2D eigenvalue weighted by atomic mass is 16.5. The summed E-state index contributed by atoms with van der Waals surface area (Å²) in [6.45, 7) is 4.13. The van der Waals surface area contributed by atoms with Crippen LogP contribution in [0.1, 0.15) is 12.8 Å². The molecule has 5 nitrogen and oxygen atoms in total. The third-order valence-electron chi connectivity index (χ3n) is 4.19. The Morgan fingerprint density at radius 1 is 1.39 bits per heavy atom. The number of nitrogens with two attached hydrogens (primary N) is 1. The van der Waals surface area contributed by atoms with E-state index in [-0.39, 0.29) is 17.9 Å².